The number of carbonyl (C=O) groups is 2. The number of carbonyl (C=O) groups excluding carboxylic acids is 2. The van der Waals surface area contributed by atoms with Gasteiger partial charge in [-0.1, -0.05) is 12.1 Å². The predicted octanol–water partition coefficient (Wildman–Crippen LogP) is 1.93. The number of anilines is 1. The second-order valence-corrected chi connectivity index (χ2v) is 9.96. The Balaban J connectivity index is 1.24. The monoisotopic (exact) mass is 550 g/mol. The maximum atomic E-state index is 14.7. The highest BCUT2D eigenvalue weighted by molar-refractivity contribution is 5.95. The SMILES string of the molecule is COc1cccc(F)c1C1CC2C(CN1)NNC2NC(=O)c1cccc(N2CCN(CC(F)(F)F)C(=O)C2)c1. The molecule has 9 nitrogen and oxygen atoms in total. The van der Waals surface area contributed by atoms with Crippen LogP contribution in [0.4, 0.5) is 23.2 Å². The van der Waals surface area contributed by atoms with Crippen molar-refractivity contribution in [1.29, 1.82) is 0 Å². The van der Waals surface area contributed by atoms with Crippen molar-refractivity contribution in [3.8, 4) is 5.75 Å². The Morgan fingerprint density at radius 2 is 1.95 bits per heavy atom. The number of halogens is 4. The molecule has 210 valence electrons. The minimum atomic E-state index is -4.45. The molecule has 0 saturated carbocycles. The van der Waals surface area contributed by atoms with Crippen LogP contribution in [-0.2, 0) is 4.79 Å². The van der Waals surface area contributed by atoms with Crippen LogP contribution in [0.5, 0.6) is 5.75 Å². The number of hydrogen-bond acceptors (Lipinski definition) is 7. The van der Waals surface area contributed by atoms with Crippen molar-refractivity contribution in [1.82, 2.24) is 26.4 Å². The number of amides is 2. The average molecular weight is 551 g/mol. The normalized spacial score (nSPS) is 25.4. The Labute approximate surface area is 222 Å². The first-order chi connectivity index (χ1) is 18.6. The van der Waals surface area contributed by atoms with Crippen molar-refractivity contribution in [3.63, 3.8) is 0 Å². The smallest absolute Gasteiger partial charge is 0.406 e. The number of rotatable bonds is 6. The molecule has 5 rings (SSSR count). The van der Waals surface area contributed by atoms with Crippen LogP contribution in [0.2, 0.25) is 0 Å². The molecular weight excluding hydrogens is 520 g/mol. The van der Waals surface area contributed by atoms with E-state index >= 15 is 0 Å². The van der Waals surface area contributed by atoms with Crippen LogP contribution >= 0.6 is 0 Å². The second kappa shape index (κ2) is 11.0. The van der Waals surface area contributed by atoms with Crippen molar-refractivity contribution >= 4 is 17.5 Å². The largest absolute Gasteiger partial charge is 0.496 e. The molecule has 0 aliphatic carbocycles. The van der Waals surface area contributed by atoms with Gasteiger partial charge in [-0.3, -0.25) is 15.0 Å². The van der Waals surface area contributed by atoms with Crippen molar-refractivity contribution in [2.75, 3.05) is 44.7 Å². The van der Waals surface area contributed by atoms with Crippen molar-refractivity contribution in [2.45, 2.75) is 30.8 Å². The van der Waals surface area contributed by atoms with Gasteiger partial charge in [0.25, 0.3) is 5.91 Å². The van der Waals surface area contributed by atoms with Crippen LogP contribution in [0.15, 0.2) is 42.5 Å². The molecule has 3 aliphatic heterocycles. The number of benzene rings is 2. The molecule has 2 aromatic rings. The Morgan fingerprint density at radius 3 is 2.69 bits per heavy atom. The molecule has 3 saturated heterocycles. The molecule has 4 N–H and O–H groups in total. The molecule has 0 bridgehead atoms. The van der Waals surface area contributed by atoms with Gasteiger partial charge in [0.1, 0.15) is 18.1 Å². The third-order valence-corrected chi connectivity index (χ3v) is 7.49. The average Bonchev–Trinajstić information content (AvgIpc) is 3.30. The van der Waals surface area contributed by atoms with Crippen LogP contribution in [0.3, 0.4) is 0 Å². The number of piperidine rings is 1. The first kappa shape index (κ1) is 27.2. The molecule has 2 amide bonds. The van der Waals surface area contributed by atoms with Gasteiger partial charge >= 0.3 is 6.18 Å². The molecular formula is C26H30F4N6O3. The number of methoxy groups -OCH3 is 1. The fraction of sp³-hybridized carbons (Fsp3) is 0.462. The number of piperazine rings is 1. The van der Waals surface area contributed by atoms with E-state index in [1.807, 2.05) is 0 Å². The van der Waals surface area contributed by atoms with Gasteiger partial charge in [0.15, 0.2) is 0 Å². The molecule has 0 radical (unpaired) electrons. The zero-order valence-corrected chi connectivity index (χ0v) is 21.2. The summed E-state index contributed by atoms with van der Waals surface area (Å²) in [6.07, 6.45) is -4.34. The molecule has 4 atom stereocenters. The number of fused-ring (bicyclic) bond motifs is 1. The van der Waals surface area contributed by atoms with Gasteiger partial charge in [0.2, 0.25) is 5.91 Å². The Kier molecular flexibility index (Phi) is 7.65. The van der Waals surface area contributed by atoms with E-state index in [4.69, 9.17) is 4.74 Å². The fourth-order valence-corrected chi connectivity index (χ4v) is 5.55. The fourth-order valence-electron chi connectivity index (χ4n) is 5.55. The zero-order valence-electron chi connectivity index (χ0n) is 21.2. The standard InChI is InChI=1S/C26H30F4N6O3/c1-39-21-7-3-6-18(27)23(21)19-11-17-20(12-31-19)33-34-24(17)32-25(38)15-4-2-5-16(10-15)35-8-9-36(22(37)13-35)14-26(28,29)30/h2-7,10,17,19-20,24,31,33-34H,8-9,11-14H2,1H3,(H,32,38). The minimum absolute atomic E-state index is 0.00894. The lowest BCUT2D eigenvalue weighted by Gasteiger charge is -2.36. The highest BCUT2D eigenvalue weighted by Gasteiger charge is 2.42. The van der Waals surface area contributed by atoms with Gasteiger partial charge in [0, 0.05) is 54.5 Å². The summed E-state index contributed by atoms with van der Waals surface area (Å²) in [7, 11) is 1.50. The van der Waals surface area contributed by atoms with E-state index in [2.05, 4.69) is 21.5 Å². The zero-order chi connectivity index (χ0) is 27.7. The molecule has 3 heterocycles. The molecule has 3 aliphatic rings. The maximum absolute atomic E-state index is 14.7. The minimum Gasteiger partial charge on any atom is -0.496 e. The summed E-state index contributed by atoms with van der Waals surface area (Å²) in [6, 6.07) is 11.1. The summed E-state index contributed by atoms with van der Waals surface area (Å²) in [5.74, 6) is -0.920. The highest BCUT2D eigenvalue weighted by Crippen LogP contribution is 2.36. The summed E-state index contributed by atoms with van der Waals surface area (Å²) < 4.78 is 58.2. The Hall–Kier alpha value is -3.42. The lowest BCUT2D eigenvalue weighted by atomic mass is 9.84. The maximum Gasteiger partial charge on any atom is 0.406 e. The lowest BCUT2D eigenvalue weighted by Crippen LogP contribution is -2.53. The van der Waals surface area contributed by atoms with Crippen LogP contribution in [0.1, 0.15) is 28.4 Å². The van der Waals surface area contributed by atoms with E-state index in [1.54, 1.807) is 41.3 Å². The summed E-state index contributed by atoms with van der Waals surface area (Å²) in [4.78, 5) is 27.9. The summed E-state index contributed by atoms with van der Waals surface area (Å²) in [5.41, 5.74) is 7.69. The predicted molar refractivity (Wildman–Crippen MR) is 134 cm³/mol. The van der Waals surface area contributed by atoms with Gasteiger partial charge < -0.3 is 25.2 Å². The number of nitrogens with zero attached hydrogens (tertiary/aromatic N) is 2. The van der Waals surface area contributed by atoms with Gasteiger partial charge in [0.05, 0.1) is 19.8 Å². The van der Waals surface area contributed by atoms with Crippen molar-refractivity contribution in [3.05, 3.63) is 59.4 Å². The topological polar surface area (TPSA) is 98.0 Å². The summed E-state index contributed by atoms with van der Waals surface area (Å²) in [5, 5.41) is 6.35. The van der Waals surface area contributed by atoms with E-state index in [-0.39, 0.29) is 49.4 Å². The first-order valence-electron chi connectivity index (χ1n) is 12.7. The van der Waals surface area contributed by atoms with E-state index in [9.17, 15) is 27.2 Å². The third-order valence-electron chi connectivity index (χ3n) is 7.49. The Morgan fingerprint density at radius 1 is 1.15 bits per heavy atom. The van der Waals surface area contributed by atoms with E-state index in [0.29, 0.717) is 35.5 Å². The highest BCUT2D eigenvalue weighted by atomic mass is 19.4. The van der Waals surface area contributed by atoms with E-state index in [1.165, 1.54) is 13.2 Å². The summed E-state index contributed by atoms with van der Waals surface area (Å²) in [6.45, 7) is -0.758. The van der Waals surface area contributed by atoms with Crippen molar-refractivity contribution in [2.24, 2.45) is 5.92 Å². The van der Waals surface area contributed by atoms with Crippen LogP contribution < -0.4 is 31.1 Å². The lowest BCUT2D eigenvalue weighted by molar-refractivity contribution is -0.161. The number of hydrazine groups is 1. The van der Waals surface area contributed by atoms with Gasteiger partial charge in [-0.25, -0.2) is 9.82 Å². The number of nitrogens with one attached hydrogen (secondary N) is 4. The van der Waals surface area contributed by atoms with Crippen LogP contribution in [-0.4, -0.2) is 74.9 Å². The number of alkyl halides is 3. The number of ether oxygens (including phenoxy) is 1. The van der Waals surface area contributed by atoms with Gasteiger partial charge in [-0.05, 0) is 36.8 Å². The summed E-state index contributed by atoms with van der Waals surface area (Å²) >= 11 is 0. The molecule has 0 spiro atoms. The first-order valence-corrected chi connectivity index (χ1v) is 12.7. The molecule has 0 aromatic heterocycles. The Bertz CT molecular complexity index is 1230. The van der Waals surface area contributed by atoms with Gasteiger partial charge in [-0.2, -0.15) is 13.2 Å². The third kappa shape index (κ3) is 5.94. The molecule has 3 fully saturated rings. The van der Waals surface area contributed by atoms with E-state index in [0.717, 1.165) is 4.90 Å². The molecule has 13 heteroatoms. The molecule has 39 heavy (non-hydrogen) atoms. The van der Waals surface area contributed by atoms with Crippen molar-refractivity contribution < 1.29 is 31.9 Å². The molecule has 2 aromatic carbocycles. The second-order valence-electron chi connectivity index (χ2n) is 9.96. The number of hydrogen-bond donors (Lipinski definition) is 4. The quantitative estimate of drug-likeness (QED) is 0.408. The van der Waals surface area contributed by atoms with Gasteiger partial charge in [-0.15, -0.1) is 0 Å². The van der Waals surface area contributed by atoms with Crippen LogP contribution in [0, 0.1) is 11.7 Å². The molecule has 4 unspecified atom stereocenters. The van der Waals surface area contributed by atoms with Crippen LogP contribution in [0.25, 0.3) is 0 Å². The van der Waals surface area contributed by atoms with E-state index < -0.39 is 24.8 Å².